The molecule has 0 atom stereocenters. The maximum atomic E-state index is 10.9. The SMILES string of the molecule is Bc1cc(OC)c(C(=O)O)c(OC)c1. The quantitative estimate of drug-likeness (QED) is 0.668. The van der Waals surface area contributed by atoms with Crippen molar-refractivity contribution in [1.29, 1.82) is 0 Å². The first-order valence-corrected chi connectivity index (χ1v) is 4.06. The summed E-state index contributed by atoms with van der Waals surface area (Å²) in [7, 11) is 4.71. The molecule has 1 aromatic rings. The third-order valence-corrected chi connectivity index (χ3v) is 1.86. The van der Waals surface area contributed by atoms with Crippen LogP contribution in [0.3, 0.4) is 0 Å². The van der Waals surface area contributed by atoms with Gasteiger partial charge in [0.2, 0.25) is 0 Å². The molecule has 0 heterocycles. The number of hydrogen-bond donors (Lipinski definition) is 1. The number of hydrogen-bond acceptors (Lipinski definition) is 3. The van der Waals surface area contributed by atoms with Crippen LogP contribution in [0, 0.1) is 0 Å². The lowest BCUT2D eigenvalue weighted by Crippen LogP contribution is -2.10. The van der Waals surface area contributed by atoms with Gasteiger partial charge in [0.15, 0.2) is 0 Å². The van der Waals surface area contributed by atoms with Crippen LogP contribution in [-0.4, -0.2) is 33.1 Å². The molecular formula is C9H11BO4. The highest BCUT2D eigenvalue weighted by molar-refractivity contribution is 6.32. The monoisotopic (exact) mass is 194 g/mol. The summed E-state index contributed by atoms with van der Waals surface area (Å²) < 4.78 is 9.94. The van der Waals surface area contributed by atoms with Gasteiger partial charge in [-0.15, -0.1) is 0 Å². The van der Waals surface area contributed by atoms with E-state index in [1.165, 1.54) is 14.2 Å². The molecule has 0 unspecified atom stereocenters. The molecule has 0 radical (unpaired) electrons. The third-order valence-electron chi connectivity index (χ3n) is 1.86. The van der Waals surface area contributed by atoms with Crippen molar-refractivity contribution in [2.45, 2.75) is 0 Å². The van der Waals surface area contributed by atoms with Gasteiger partial charge in [-0.05, 0) is 12.1 Å². The third kappa shape index (κ3) is 1.81. The Morgan fingerprint density at radius 1 is 1.29 bits per heavy atom. The van der Waals surface area contributed by atoms with Crippen molar-refractivity contribution in [3.63, 3.8) is 0 Å². The molecule has 0 spiro atoms. The molecule has 4 nitrogen and oxygen atoms in total. The fourth-order valence-electron chi connectivity index (χ4n) is 1.25. The second-order valence-corrected chi connectivity index (χ2v) is 2.85. The Hall–Kier alpha value is -1.65. The number of ether oxygens (including phenoxy) is 2. The summed E-state index contributed by atoms with van der Waals surface area (Å²) in [6.45, 7) is 0. The predicted octanol–water partition coefficient (Wildman–Crippen LogP) is -0.340. The number of carbonyl (C=O) groups is 1. The van der Waals surface area contributed by atoms with Crippen LogP contribution in [0.5, 0.6) is 11.5 Å². The van der Waals surface area contributed by atoms with Crippen LogP contribution in [0.4, 0.5) is 0 Å². The van der Waals surface area contributed by atoms with Crippen molar-refractivity contribution in [2.75, 3.05) is 14.2 Å². The Kier molecular flexibility index (Phi) is 3.01. The summed E-state index contributed by atoms with van der Waals surface area (Å²) >= 11 is 0. The molecule has 0 bridgehead atoms. The Bertz CT molecular complexity index is 337. The minimum Gasteiger partial charge on any atom is -0.496 e. The normalized spacial score (nSPS) is 9.57. The highest BCUT2D eigenvalue weighted by Crippen LogP contribution is 2.26. The smallest absolute Gasteiger partial charge is 0.343 e. The van der Waals surface area contributed by atoms with Crippen molar-refractivity contribution in [1.82, 2.24) is 0 Å². The Morgan fingerprint density at radius 2 is 1.71 bits per heavy atom. The van der Waals surface area contributed by atoms with Gasteiger partial charge in [0, 0.05) is 0 Å². The highest BCUT2D eigenvalue weighted by Gasteiger charge is 2.17. The first-order chi connectivity index (χ1) is 6.60. The van der Waals surface area contributed by atoms with Crippen molar-refractivity contribution in [3.8, 4) is 11.5 Å². The minimum absolute atomic E-state index is 0.0561. The van der Waals surface area contributed by atoms with E-state index in [2.05, 4.69) is 0 Å². The van der Waals surface area contributed by atoms with Gasteiger partial charge >= 0.3 is 5.97 Å². The van der Waals surface area contributed by atoms with Gasteiger partial charge in [0.05, 0.1) is 14.2 Å². The van der Waals surface area contributed by atoms with E-state index in [-0.39, 0.29) is 5.56 Å². The van der Waals surface area contributed by atoms with E-state index in [9.17, 15) is 4.79 Å². The number of benzene rings is 1. The lowest BCUT2D eigenvalue weighted by atomic mass is 9.94. The second kappa shape index (κ2) is 4.04. The van der Waals surface area contributed by atoms with Crippen LogP contribution in [0.2, 0.25) is 0 Å². The van der Waals surface area contributed by atoms with Crippen LogP contribution < -0.4 is 14.9 Å². The minimum atomic E-state index is -1.06. The molecule has 74 valence electrons. The number of methoxy groups -OCH3 is 2. The summed E-state index contributed by atoms with van der Waals surface area (Å²) in [6, 6.07) is 3.32. The Labute approximate surface area is 82.9 Å². The molecule has 1 N–H and O–H groups in total. The highest BCUT2D eigenvalue weighted by atomic mass is 16.5. The molecule has 0 saturated carbocycles. The van der Waals surface area contributed by atoms with Gasteiger partial charge in [-0.2, -0.15) is 0 Å². The fraction of sp³-hybridized carbons (Fsp3) is 0.222. The number of carboxylic acid groups (broad SMARTS) is 1. The van der Waals surface area contributed by atoms with E-state index in [1.54, 1.807) is 12.1 Å². The summed E-state index contributed by atoms with van der Waals surface area (Å²) in [4.78, 5) is 10.9. The fourth-order valence-corrected chi connectivity index (χ4v) is 1.25. The summed E-state index contributed by atoms with van der Waals surface area (Å²) in [5.74, 6) is -0.428. The first kappa shape index (κ1) is 10.4. The van der Waals surface area contributed by atoms with Gasteiger partial charge < -0.3 is 14.6 Å². The van der Waals surface area contributed by atoms with Crippen molar-refractivity contribution in [3.05, 3.63) is 17.7 Å². The topological polar surface area (TPSA) is 55.8 Å². The largest absolute Gasteiger partial charge is 0.496 e. The van der Waals surface area contributed by atoms with Gasteiger partial charge in [-0.1, -0.05) is 5.46 Å². The van der Waals surface area contributed by atoms with Gasteiger partial charge in [-0.3, -0.25) is 0 Å². The zero-order chi connectivity index (χ0) is 10.7. The molecule has 1 aromatic carbocycles. The van der Waals surface area contributed by atoms with E-state index in [1.807, 2.05) is 7.85 Å². The summed E-state index contributed by atoms with van der Waals surface area (Å²) in [5.41, 5.74) is 0.948. The van der Waals surface area contributed by atoms with Gasteiger partial charge in [0.25, 0.3) is 0 Å². The molecular weight excluding hydrogens is 183 g/mol. The molecule has 5 heteroatoms. The van der Waals surface area contributed by atoms with E-state index >= 15 is 0 Å². The standard InChI is InChI=1S/C9H11BO4/c1-13-6-3-5(10)4-7(14-2)8(6)9(11)12/h3-4H,10H2,1-2H3,(H,11,12). The van der Waals surface area contributed by atoms with Crippen LogP contribution in [0.1, 0.15) is 10.4 Å². The maximum Gasteiger partial charge on any atom is 0.343 e. The van der Waals surface area contributed by atoms with E-state index in [4.69, 9.17) is 14.6 Å². The average molecular weight is 194 g/mol. The second-order valence-electron chi connectivity index (χ2n) is 2.85. The molecule has 0 aliphatic heterocycles. The van der Waals surface area contributed by atoms with E-state index in [0.29, 0.717) is 11.5 Å². The number of rotatable bonds is 3. The van der Waals surface area contributed by atoms with Gasteiger partial charge in [0.1, 0.15) is 24.9 Å². The van der Waals surface area contributed by atoms with Crippen LogP contribution in [-0.2, 0) is 0 Å². The number of aromatic carboxylic acids is 1. The molecule has 0 saturated heterocycles. The molecule has 0 fully saturated rings. The zero-order valence-electron chi connectivity index (χ0n) is 8.33. The molecule has 14 heavy (non-hydrogen) atoms. The molecule has 1 rings (SSSR count). The van der Waals surface area contributed by atoms with Crippen molar-refractivity contribution < 1.29 is 19.4 Å². The summed E-state index contributed by atoms with van der Waals surface area (Å²) in [5, 5.41) is 8.94. The zero-order valence-corrected chi connectivity index (χ0v) is 8.33. The molecule has 0 amide bonds. The van der Waals surface area contributed by atoms with Crippen molar-refractivity contribution in [2.24, 2.45) is 0 Å². The van der Waals surface area contributed by atoms with Crippen LogP contribution >= 0.6 is 0 Å². The van der Waals surface area contributed by atoms with E-state index < -0.39 is 5.97 Å². The maximum absolute atomic E-state index is 10.9. The average Bonchev–Trinajstić information content (AvgIpc) is 2.15. The Balaban J connectivity index is 3.40. The van der Waals surface area contributed by atoms with E-state index in [0.717, 1.165) is 5.46 Å². The van der Waals surface area contributed by atoms with Crippen molar-refractivity contribution >= 4 is 19.3 Å². The molecule has 0 aliphatic rings. The summed E-state index contributed by atoms with van der Waals surface area (Å²) in [6.07, 6.45) is 0. The lowest BCUT2D eigenvalue weighted by Gasteiger charge is -2.10. The predicted molar refractivity (Wildman–Crippen MR) is 54.7 cm³/mol. The molecule has 0 aliphatic carbocycles. The van der Waals surface area contributed by atoms with Gasteiger partial charge in [-0.25, -0.2) is 4.79 Å². The van der Waals surface area contributed by atoms with Crippen LogP contribution in [0.15, 0.2) is 12.1 Å². The Morgan fingerprint density at radius 3 is 2.00 bits per heavy atom. The molecule has 0 aromatic heterocycles. The number of carboxylic acids is 1. The first-order valence-electron chi connectivity index (χ1n) is 4.06. The lowest BCUT2D eigenvalue weighted by molar-refractivity contribution is 0.0689. The van der Waals surface area contributed by atoms with Crippen LogP contribution in [0.25, 0.3) is 0 Å².